The van der Waals surface area contributed by atoms with Crippen LogP contribution >= 0.6 is 46.4 Å². The van der Waals surface area contributed by atoms with Crippen LogP contribution in [-0.4, -0.2) is 15.2 Å². The fourth-order valence-corrected chi connectivity index (χ4v) is 0.855. The van der Waals surface area contributed by atoms with Gasteiger partial charge in [-0.25, -0.2) is 4.98 Å². The normalized spacial score (nSPS) is 12.0. The lowest BCUT2D eigenvalue weighted by Crippen LogP contribution is -2.02. The summed E-state index contributed by atoms with van der Waals surface area (Å²) in [5, 5.41) is 6.16. The highest BCUT2D eigenvalue weighted by atomic mass is 35.6. The van der Waals surface area contributed by atoms with Gasteiger partial charge in [0.25, 0.3) is 3.79 Å². The summed E-state index contributed by atoms with van der Waals surface area (Å²) >= 11 is 21.8. The zero-order valence-electron chi connectivity index (χ0n) is 5.11. The first-order valence-electron chi connectivity index (χ1n) is 2.58. The Labute approximate surface area is 83.0 Å². The topological polar surface area (TPSA) is 41.6 Å². The monoisotopic (exact) mass is 233 g/mol. The SMILES string of the molecule is ClCc1nc(C(Cl)(Cl)Cl)n[nH]1. The summed E-state index contributed by atoms with van der Waals surface area (Å²) in [7, 11) is 0. The molecule has 0 saturated heterocycles. The van der Waals surface area contributed by atoms with Gasteiger partial charge in [-0.3, -0.25) is 5.10 Å². The molecule has 0 unspecified atom stereocenters. The van der Waals surface area contributed by atoms with Crippen molar-refractivity contribution in [2.75, 3.05) is 0 Å². The second-order valence-electron chi connectivity index (χ2n) is 1.74. The van der Waals surface area contributed by atoms with Crippen molar-refractivity contribution < 1.29 is 0 Å². The summed E-state index contributed by atoms with van der Waals surface area (Å²) in [4.78, 5) is 3.81. The molecule has 0 aromatic carbocycles. The third-order valence-electron chi connectivity index (χ3n) is 0.912. The second-order valence-corrected chi connectivity index (χ2v) is 4.29. The predicted octanol–water partition coefficient (Wildman–Crippen LogP) is 2.37. The fraction of sp³-hybridized carbons (Fsp3) is 0.500. The van der Waals surface area contributed by atoms with Gasteiger partial charge in [-0.1, -0.05) is 34.8 Å². The maximum Gasteiger partial charge on any atom is 0.251 e. The maximum absolute atomic E-state index is 5.47. The first-order valence-corrected chi connectivity index (χ1v) is 4.25. The van der Waals surface area contributed by atoms with E-state index < -0.39 is 3.79 Å². The largest absolute Gasteiger partial charge is 0.262 e. The minimum absolute atomic E-state index is 0.109. The average molecular weight is 235 g/mol. The van der Waals surface area contributed by atoms with Crippen molar-refractivity contribution >= 4 is 46.4 Å². The van der Waals surface area contributed by atoms with Gasteiger partial charge in [-0.15, -0.1) is 11.6 Å². The number of halogens is 4. The van der Waals surface area contributed by atoms with E-state index in [1.807, 2.05) is 0 Å². The van der Waals surface area contributed by atoms with Crippen LogP contribution in [0.1, 0.15) is 11.6 Å². The van der Waals surface area contributed by atoms with E-state index in [0.717, 1.165) is 0 Å². The third kappa shape index (κ3) is 2.37. The van der Waals surface area contributed by atoms with Crippen LogP contribution in [0.4, 0.5) is 0 Å². The molecule has 7 heteroatoms. The van der Waals surface area contributed by atoms with Gasteiger partial charge in [0.15, 0.2) is 0 Å². The van der Waals surface area contributed by atoms with Crippen LogP contribution in [0.25, 0.3) is 0 Å². The van der Waals surface area contributed by atoms with E-state index in [4.69, 9.17) is 46.4 Å². The number of aromatic nitrogens is 3. The van der Waals surface area contributed by atoms with Crippen molar-refractivity contribution in [3.05, 3.63) is 11.6 Å². The van der Waals surface area contributed by atoms with Gasteiger partial charge in [0.05, 0.1) is 5.88 Å². The van der Waals surface area contributed by atoms with Gasteiger partial charge < -0.3 is 0 Å². The number of rotatable bonds is 1. The van der Waals surface area contributed by atoms with Crippen molar-refractivity contribution in [1.82, 2.24) is 15.2 Å². The van der Waals surface area contributed by atoms with Crippen molar-refractivity contribution in [1.29, 1.82) is 0 Å². The molecule has 1 rings (SSSR count). The Bertz CT molecular complexity index is 240. The molecule has 1 aromatic heterocycles. The second kappa shape index (κ2) is 3.35. The van der Waals surface area contributed by atoms with Gasteiger partial charge in [-0.2, -0.15) is 5.10 Å². The van der Waals surface area contributed by atoms with E-state index >= 15 is 0 Å². The highest BCUT2D eigenvalue weighted by Gasteiger charge is 2.27. The van der Waals surface area contributed by atoms with Crippen LogP contribution < -0.4 is 0 Å². The van der Waals surface area contributed by atoms with E-state index in [0.29, 0.717) is 5.82 Å². The molecule has 0 aliphatic heterocycles. The molecule has 62 valence electrons. The molecule has 1 aromatic rings. The summed E-state index contributed by atoms with van der Waals surface area (Å²) in [5.74, 6) is 0.805. The van der Waals surface area contributed by atoms with Gasteiger partial charge in [0.1, 0.15) is 5.82 Å². The Morgan fingerprint density at radius 3 is 2.27 bits per heavy atom. The predicted molar refractivity (Wildman–Crippen MR) is 45.2 cm³/mol. The van der Waals surface area contributed by atoms with E-state index in [9.17, 15) is 0 Å². The van der Waals surface area contributed by atoms with Crippen molar-refractivity contribution in [3.63, 3.8) is 0 Å². The van der Waals surface area contributed by atoms with E-state index in [2.05, 4.69) is 15.2 Å². The molecule has 1 N–H and O–H groups in total. The van der Waals surface area contributed by atoms with E-state index in [-0.39, 0.29) is 11.7 Å². The fourth-order valence-electron chi connectivity index (χ4n) is 0.482. The minimum Gasteiger partial charge on any atom is -0.262 e. The Morgan fingerprint density at radius 2 is 2.00 bits per heavy atom. The molecule has 0 aliphatic carbocycles. The molecule has 0 aliphatic rings. The average Bonchev–Trinajstić information content (AvgIpc) is 2.32. The van der Waals surface area contributed by atoms with Crippen LogP contribution in [0, 0.1) is 0 Å². The molecule has 0 radical (unpaired) electrons. The smallest absolute Gasteiger partial charge is 0.251 e. The lowest BCUT2D eigenvalue weighted by molar-refractivity contribution is 0.969. The Balaban J connectivity index is 2.89. The van der Waals surface area contributed by atoms with Crippen LogP contribution in [0.15, 0.2) is 0 Å². The molecule has 0 atom stereocenters. The molecule has 0 bridgehead atoms. The third-order valence-corrected chi connectivity index (χ3v) is 1.67. The molecule has 0 fully saturated rings. The zero-order valence-corrected chi connectivity index (χ0v) is 8.14. The summed E-state index contributed by atoms with van der Waals surface area (Å²) in [6.45, 7) is 0. The quantitative estimate of drug-likeness (QED) is 0.759. The van der Waals surface area contributed by atoms with E-state index in [1.54, 1.807) is 0 Å². The Morgan fingerprint density at radius 1 is 1.36 bits per heavy atom. The lowest BCUT2D eigenvalue weighted by atomic mass is 10.7. The highest BCUT2D eigenvalue weighted by Crippen LogP contribution is 2.35. The number of hydrogen-bond acceptors (Lipinski definition) is 2. The van der Waals surface area contributed by atoms with Crippen molar-refractivity contribution in [2.45, 2.75) is 9.67 Å². The van der Waals surface area contributed by atoms with Crippen LogP contribution in [-0.2, 0) is 9.67 Å². The molecule has 0 saturated carbocycles. The Hall–Kier alpha value is 0.300. The molecular weight excluding hydrogens is 232 g/mol. The number of nitrogens with zero attached hydrogens (tertiary/aromatic N) is 2. The van der Waals surface area contributed by atoms with E-state index in [1.165, 1.54) is 0 Å². The van der Waals surface area contributed by atoms with Crippen LogP contribution in [0.2, 0.25) is 0 Å². The molecule has 3 nitrogen and oxygen atoms in total. The summed E-state index contributed by atoms with van der Waals surface area (Å²) in [6.07, 6.45) is 0. The van der Waals surface area contributed by atoms with Gasteiger partial charge in [-0.05, 0) is 0 Å². The van der Waals surface area contributed by atoms with Gasteiger partial charge in [0.2, 0.25) is 5.82 Å². The first-order chi connectivity index (χ1) is 5.04. The number of hydrogen-bond donors (Lipinski definition) is 1. The number of alkyl halides is 4. The standard InChI is InChI=1S/C4H3Cl4N3/c5-1-2-9-3(11-10-2)4(6,7)8/h1H2,(H,9,10,11). The first kappa shape index (κ1) is 9.39. The van der Waals surface area contributed by atoms with Crippen LogP contribution in [0.3, 0.4) is 0 Å². The molecule has 0 spiro atoms. The lowest BCUT2D eigenvalue weighted by Gasteiger charge is -2.02. The maximum atomic E-state index is 5.47. The zero-order chi connectivity index (χ0) is 8.48. The number of aromatic amines is 1. The van der Waals surface area contributed by atoms with Gasteiger partial charge >= 0.3 is 0 Å². The summed E-state index contributed by atoms with van der Waals surface area (Å²) in [6, 6.07) is 0. The summed E-state index contributed by atoms with van der Waals surface area (Å²) < 4.78 is -1.58. The highest BCUT2D eigenvalue weighted by molar-refractivity contribution is 6.66. The molecule has 1 heterocycles. The number of H-pyrrole nitrogens is 1. The van der Waals surface area contributed by atoms with Gasteiger partial charge in [0, 0.05) is 0 Å². The molecule has 11 heavy (non-hydrogen) atoms. The molecular formula is C4H3Cl4N3. The van der Waals surface area contributed by atoms with Crippen molar-refractivity contribution in [2.24, 2.45) is 0 Å². The Kier molecular flexibility index (Phi) is 2.86. The van der Waals surface area contributed by atoms with Crippen LogP contribution in [0.5, 0.6) is 0 Å². The van der Waals surface area contributed by atoms with Crippen molar-refractivity contribution in [3.8, 4) is 0 Å². The number of nitrogens with one attached hydrogen (secondary N) is 1. The molecule has 0 amide bonds. The minimum atomic E-state index is -1.58. The summed E-state index contributed by atoms with van der Waals surface area (Å²) in [5.41, 5.74) is 0.